The van der Waals surface area contributed by atoms with E-state index >= 15 is 0 Å². The molecule has 31 heavy (non-hydrogen) atoms. The third-order valence-corrected chi connectivity index (χ3v) is 9.10. The van der Waals surface area contributed by atoms with Crippen LogP contribution >= 0.6 is 13.0 Å². The van der Waals surface area contributed by atoms with Crippen LogP contribution in [-0.4, -0.2) is 9.13 Å². The summed E-state index contributed by atoms with van der Waals surface area (Å²) in [6, 6.07) is 13.6. The standard InChI is InChI=1S/C27H36N2.Au.BrH/c1-18(2)22-11-9-12-23(19(3)4)26(22)28-15-16-29(17-28)27-24(20(5)6)13-10-14-25(27)21(7)8;;/h9-16,18-21H,1-8H3;;1H/q;+1;/p-1. The monoisotopic (exact) mass is 664 g/mol. The van der Waals surface area contributed by atoms with E-state index in [0.717, 1.165) is 0 Å². The van der Waals surface area contributed by atoms with E-state index in [1.807, 2.05) is 0 Å². The normalized spacial score (nSPS) is 12.2. The maximum absolute atomic E-state index is 3.93. The van der Waals surface area contributed by atoms with Gasteiger partial charge in [-0.2, -0.15) is 0 Å². The van der Waals surface area contributed by atoms with Crippen LogP contribution < -0.4 is 0 Å². The number of hydrogen-bond donors (Lipinski definition) is 0. The maximum atomic E-state index is 3.93. The Morgan fingerprint density at radius 1 is 0.581 bits per heavy atom. The molecule has 0 radical (unpaired) electrons. The molecule has 0 spiro atoms. The molecule has 2 nitrogen and oxygen atoms in total. The first kappa shape index (κ1) is 24.5. The molecule has 2 aromatic carbocycles. The van der Waals surface area contributed by atoms with Gasteiger partial charge in [-0.05, 0) is 0 Å². The average molecular weight is 665 g/mol. The predicted molar refractivity (Wildman–Crippen MR) is 134 cm³/mol. The minimum absolute atomic E-state index is 0.209. The molecule has 3 aromatic rings. The second-order valence-corrected chi connectivity index (χ2v) is 12.9. The first-order valence-corrected chi connectivity index (χ1v) is 17.1. The van der Waals surface area contributed by atoms with Gasteiger partial charge in [-0.3, -0.25) is 0 Å². The van der Waals surface area contributed by atoms with Crippen molar-refractivity contribution in [3.8, 4) is 11.4 Å². The Balaban J connectivity index is 2.40. The van der Waals surface area contributed by atoms with E-state index in [9.17, 15) is 0 Å². The molecule has 0 amide bonds. The molecule has 0 aliphatic heterocycles. The van der Waals surface area contributed by atoms with Crippen molar-refractivity contribution in [3.63, 3.8) is 0 Å². The van der Waals surface area contributed by atoms with Crippen LogP contribution in [-0.2, 0) is 17.2 Å². The fourth-order valence-corrected chi connectivity index (χ4v) is 7.40. The van der Waals surface area contributed by atoms with Gasteiger partial charge in [0.1, 0.15) is 0 Å². The van der Waals surface area contributed by atoms with Gasteiger partial charge < -0.3 is 0 Å². The van der Waals surface area contributed by atoms with Gasteiger partial charge in [0, 0.05) is 0 Å². The Kier molecular flexibility index (Phi) is 8.07. The molecule has 4 heteroatoms. The van der Waals surface area contributed by atoms with Gasteiger partial charge in [-0.1, -0.05) is 0 Å². The first-order valence-electron chi connectivity index (χ1n) is 11.3. The Hall–Kier alpha value is -1.13. The van der Waals surface area contributed by atoms with E-state index in [1.54, 1.807) is 0 Å². The van der Waals surface area contributed by atoms with Crippen molar-refractivity contribution < 1.29 is 17.2 Å². The molecule has 0 N–H and O–H groups in total. The van der Waals surface area contributed by atoms with Gasteiger partial charge in [0.25, 0.3) is 0 Å². The topological polar surface area (TPSA) is 9.86 Å². The summed E-state index contributed by atoms with van der Waals surface area (Å²) in [6.45, 7) is 18.4. The molecule has 172 valence electrons. The zero-order chi connectivity index (χ0) is 22.9. The van der Waals surface area contributed by atoms with Gasteiger partial charge in [0.2, 0.25) is 0 Å². The summed E-state index contributed by atoms with van der Waals surface area (Å²) in [7, 11) is 0. The van der Waals surface area contributed by atoms with Gasteiger partial charge >= 0.3 is 204 Å². The van der Waals surface area contributed by atoms with Crippen molar-refractivity contribution in [1.82, 2.24) is 9.13 Å². The minimum atomic E-state index is -0.209. The summed E-state index contributed by atoms with van der Waals surface area (Å²) in [5.41, 5.74) is 8.40. The van der Waals surface area contributed by atoms with Crippen molar-refractivity contribution in [2.24, 2.45) is 0 Å². The van der Waals surface area contributed by atoms with Gasteiger partial charge in [-0.15, -0.1) is 0 Å². The Bertz CT molecular complexity index is 980. The van der Waals surface area contributed by atoms with E-state index in [4.69, 9.17) is 0 Å². The first-order chi connectivity index (χ1) is 14.7. The van der Waals surface area contributed by atoms with Crippen molar-refractivity contribution in [3.05, 3.63) is 74.7 Å². The summed E-state index contributed by atoms with van der Waals surface area (Å²) in [4.78, 5) is 0. The number of imidazole rings is 1. The average Bonchev–Trinajstić information content (AvgIpc) is 3.15. The van der Waals surface area contributed by atoms with Crippen LogP contribution in [0, 0.1) is 3.63 Å². The van der Waals surface area contributed by atoms with E-state index in [-0.39, 0.29) is 17.2 Å². The molecule has 0 aliphatic carbocycles. The van der Waals surface area contributed by atoms with E-state index in [0.29, 0.717) is 23.7 Å². The van der Waals surface area contributed by atoms with Crippen LogP contribution in [0.5, 0.6) is 0 Å². The molecule has 0 saturated heterocycles. The zero-order valence-corrected chi connectivity index (χ0v) is 23.8. The number of para-hydroxylation sites is 2. The van der Waals surface area contributed by atoms with E-state index in [2.05, 4.69) is 126 Å². The Labute approximate surface area is 203 Å². The third kappa shape index (κ3) is 4.80. The summed E-state index contributed by atoms with van der Waals surface area (Å²) >= 11 is 3.73. The molecule has 0 fully saturated rings. The third-order valence-electron chi connectivity index (χ3n) is 5.94. The second-order valence-electron chi connectivity index (χ2n) is 9.52. The van der Waals surface area contributed by atoms with Crippen LogP contribution in [0.4, 0.5) is 0 Å². The molecule has 0 atom stereocenters. The fourth-order valence-electron chi connectivity index (χ4n) is 4.31. The predicted octanol–water partition coefficient (Wildman–Crippen LogP) is 8.69. The van der Waals surface area contributed by atoms with Crippen molar-refractivity contribution in [2.45, 2.75) is 79.1 Å². The summed E-state index contributed by atoms with van der Waals surface area (Å²) in [6.07, 6.45) is 4.56. The molecule has 1 aromatic heterocycles. The van der Waals surface area contributed by atoms with Crippen molar-refractivity contribution in [2.75, 3.05) is 0 Å². The second kappa shape index (κ2) is 10.2. The molecular weight excluding hydrogens is 629 g/mol. The Morgan fingerprint density at radius 2 is 0.871 bits per heavy atom. The van der Waals surface area contributed by atoms with Crippen LogP contribution in [0.15, 0.2) is 48.8 Å². The van der Waals surface area contributed by atoms with Crippen LogP contribution in [0.2, 0.25) is 0 Å². The number of benzene rings is 2. The number of aromatic nitrogens is 2. The van der Waals surface area contributed by atoms with Gasteiger partial charge in [0.15, 0.2) is 0 Å². The van der Waals surface area contributed by atoms with Crippen molar-refractivity contribution in [1.29, 1.82) is 0 Å². The van der Waals surface area contributed by atoms with Crippen LogP contribution in [0.3, 0.4) is 0 Å². The number of rotatable bonds is 6. The number of halogens is 1. The Morgan fingerprint density at radius 3 is 1.10 bits per heavy atom. The van der Waals surface area contributed by atoms with Gasteiger partial charge in [0.05, 0.1) is 0 Å². The summed E-state index contributed by atoms with van der Waals surface area (Å²) < 4.78 is 6.27. The number of nitrogens with zero attached hydrogens (tertiary/aromatic N) is 2. The van der Waals surface area contributed by atoms with Gasteiger partial charge in [-0.25, -0.2) is 0 Å². The molecule has 0 saturated carbocycles. The molecular formula is C27H36AuBrN2. The summed E-state index contributed by atoms with van der Waals surface area (Å²) in [5.74, 6) is 1.88. The molecule has 0 bridgehead atoms. The van der Waals surface area contributed by atoms with E-state index < -0.39 is 0 Å². The number of hydrogen-bond acceptors (Lipinski definition) is 0. The van der Waals surface area contributed by atoms with Crippen LogP contribution in [0.25, 0.3) is 11.4 Å². The van der Waals surface area contributed by atoms with Crippen LogP contribution in [0.1, 0.15) is 101 Å². The zero-order valence-electron chi connectivity index (χ0n) is 20.0. The van der Waals surface area contributed by atoms with E-state index in [1.165, 1.54) is 37.3 Å². The summed E-state index contributed by atoms with van der Waals surface area (Å²) in [5, 5.41) is 0. The quantitative estimate of drug-likeness (QED) is 0.233. The fraction of sp³-hybridized carbons (Fsp3) is 0.444. The molecule has 0 unspecified atom stereocenters. The molecule has 3 rings (SSSR count). The molecule has 0 aliphatic rings. The van der Waals surface area contributed by atoms with Crippen molar-refractivity contribution >= 4 is 13.0 Å². The SMILES string of the molecule is CC(C)c1cccc(C(C)C)c1-n1ccn(-c2c(C(C)C)cccc2C(C)C)[c]1=[Au][Br]. The molecule has 1 heterocycles.